The monoisotopic (exact) mass is 250 g/mol. The van der Waals surface area contributed by atoms with E-state index in [1.54, 1.807) is 6.33 Å². The summed E-state index contributed by atoms with van der Waals surface area (Å²) in [5.41, 5.74) is 0. The first-order valence-electron chi connectivity index (χ1n) is 6.88. The molecule has 0 radical (unpaired) electrons. The molecule has 1 aromatic heterocycles. The fourth-order valence-corrected chi connectivity index (χ4v) is 1.95. The van der Waals surface area contributed by atoms with Crippen LogP contribution in [0.1, 0.15) is 39.4 Å². The van der Waals surface area contributed by atoms with E-state index in [4.69, 9.17) is 0 Å². The Bertz CT molecular complexity index is 343. The molecule has 4 heteroatoms. The maximum absolute atomic E-state index is 4.38. The summed E-state index contributed by atoms with van der Waals surface area (Å²) in [6, 6.07) is 0.414. The minimum atomic E-state index is 0.414. The molecular formula is C14H26N4. The normalized spacial score (nSPS) is 12.9. The average molecular weight is 250 g/mol. The fraction of sp³-hybridized carbons (Fsp3) is 0.714. The molecule has 0 aliphatic rings. The van der Waals surface area contributed by atoms with Crippen molar-refractivity contribution in [3.8, 4) is 0 Å². The van der Waals surface area contributed by atoms with E-state index in [0.29, 0.717) is 12.0 Å². The molecule has 0 fully saturated rings. The van der Waals surface area contributed by atoms with Crippen molar-refractivity contribution in [3.63, 3.8) is 0 Å². The van der Waals surface area contributed by atoms with Gasteiger partial charge in [0.05, 0.1) is 0 Å². The van der Waals surface area contributed by atoms with Crippen LogP contribution in [-0.2, 0) is 13.0 Å². The minimum absolute atomic E-state index is 0.414. The smallest absolute Gasteiger partial charge is 0.138 e. The lowest BCUT2D eigenvalue weighted by molar-refractivity contribution is 0.440. The second kappa shape index (κ2) is 8.03. The van der Waals surface area contributed by atoms with Crippen LogP contribution in [-0.4, -0.2) is 27.4 Å². The molecule has 4 nitrogen and oxygen atoms in total. The van der Waals surface area contributed by atoms with Gasteiger partial charge in [0.25, 0.3) is 0 Å². The first-order valence-corrected chi connectivity index (χ1v) is 6.88. The number of nitrogens with zero attached hydrogens (tertiary/aromatic N) is 3. The van der Waals surface area contributed by atoms with Crippen LogP contribution in [0.2, 0.25) is 0 Å². The van der Waals surface area contributed by atoms with Crippen molar-refractivity contribution in [3.05, 3.63) is 24.8 Å². The summed E-state index contributed by atoms with van der Waals surface area (Å²) in [7, 11) is 0. The topological polar surface area (TPSA) is 42.7 Å². The Kier molecular flexibility index (Phi) is 6.65. The van der Waals surface area contributed by atoms with Crippen LogP contribution in [0.3, 0.4) is 0 Å². The Morgan fingerprint density at radius 2 is 2.28 bits per heavy atom. The Balaban J connectivity index is 2.61. The van der Waals surface area contributed by atoms with Gasteiger partial charge in [-0.2, -0.15) is 5.10 Å². The van der Waals surface area contributed by atoms with Gasteiger partial charge in [0.1, 0.15) is 12.2 Å². The van der Waals surface area contributed by atoms with Crippen LogP contribution < -0.4 is 5.32 Å². The van der Waals surface area contributed by atoms with E-state index in [1.807, 2.05) is 10.8 Å². The molecule has 1 aromatic rings. The second-order valence-corrected chi connectivity index (χ2v) is 5.13. The Morgan fingerprint density at radius 1 is 1.50 bits per heavy atom. The molecule has 0 saturated carbocycles. The van der Waals surface area contributed by atoms with Crippen LogP contribution in [0.15, 0.2) is 19.0 Å². The molecule has 0 amide bonds. The first-order chi connectivity index (χ1) is 8.67. The van der Waals surface area contributed by atoms with Crippen molar-refractivity contribution in [2.45, 2.75) is 52.6 Å². The predicted molar refractivity (Wildman–Crippen MR) is 75.5 cm³/mol. The summed E-state index contributed by atoms with van der Waals surface area (Å²) < 4.78 is 2.02. The van der Waals surface area contributed by atoms with Gasteiger partial charge in [0.2, 0.25) is 0 Å². The van der Waals surface area contributed by atoms with E-state index in [2.05, 4.69) is 42.7 Å². The van der Waals surface area contributed by atoms with Gasteiger partial charge in [0.15, 0.2) is 0 Å². The second-order valence-electron chi connectivity index (χ2n) is 5.13. The Morgan fingerprint density at radius 3 is 2.89 bits per heavy atom. The van der Waals surface area contributed by atoms with Crippen molar-refractivity contribution < 1.29 is 0 Å². The highest BCUT2D eigenvalue weighted by atomic mass is 15.3. The van der Waals surface area contributed by atoms with Crippen molar-refractivity contribution in [2.24, 2.45) is 5.92 Å². The Hall–Kier alpha value is -1.16. The summed E-state index contributed by atoms with van der Waals surface area (Å²) in [5.74, 6) is 1.66. The largest absolute Gasteiger partial charge is 0.313 e. The highest BCUT2D eigenvalue weighted by Gasteiger charge is 2.12. The van der Waals surface area contributed by atoms with Crippen molar-refractivity contribution in [2.75, 3.05) is 6.54 Å². The zero-order valence-corrected chi connectivity index (χ0v) is 11.9. The maximum atomic E-state index is 4.38. The number of rotatable bonds is 9. The van der Waals surface area contributed by atoms with E-state index < -0.39 is 0 Å². The van der Waals surface area contributed by atoms with Gasteiger partial charge >= 0.3 is 0 Å². The van der Waals surface area contributed by atoms with Crippen molar-refractivity contribution in [1.29, 1.82) is 0 Å². The van der Waals surface area contributed by atoms with E-state index in [9.17, 15) is 0 Å². The summed E-state index contributed by atoms with van der Waals surface area (Å²) >= 11 is 0. The molecule has 1 N–H and O–H groups in total. The van der Waals surface area contributed by atoms with Gasteiger partial charge in [-0.3, -0.25) is 0 Å². The van der Waals surface area contributed by atoms with Crippen LogP contribution in [0.4, 0.5) is 0 Å². The van der Waals surface area contributed by atoms with Crippen LogP contribution >= 0.6 is 0 Å². The molecule has 1 atom stereocenters. The molecule has 0 aliphatic carbocycles. The minimum Gasteiger partial charge on any atom is -0.313 e. The van der Waals surface area contributed by atoms with E-state index in [0.717, 1.165) is 38.2 Å². The SMILES string of the molecule is C=CCC(Cc1ncnn1CC(C)C)NCCC. The summed E-state index contributed by atoms with van der Waals surface area (Å²) in [6.07, 6.45) is 6.65. The molecule has 0 bridgehead atoms. The molecule has 1 rings (SSSR count). The van der Waals surface area contributed by atoms with Crippen LogP contribution in [0, 0.1) is 5.92 Å². The third-order valence-electron chi connectivity index (χ3n) is 2.80. The third kappa shape index (κ3) is 5.00. The van der Waals surface area contributed by atoms with Crippen molar-refractivity contribution >= 4 is 0 Å². The number of nitrogens with one attached hydrogen (secondary N) is 1. The van der Waals surface area contributed by atoms with Crippen LogP contribution in [0.5, 0.6) is 0 Å². The van der Waals surface area contributed by atoms with Crippen LogP contribution in [0.25, 0.3) is 0 Å². The highest BCUT2D eigenvalue weighted by Crippen LogP contribution is 2.06. The Labute approximate surface area is 110 Å². The zero-order valence-electron chi connectivity index (χ0n) is 11.9. The third-order valence-corrected chi connectivity index (χ3v) is 2.80. The highest BCUT2D eigenvalue weighted by molar-refractivity contribution is 4.92. The number of hydrogen-bond acceptors (Lipinski definition) is 3. The molecule has 102 valence electrons. The number of hydrogen-bond donors (Lipinski definition) is 1. The van der Waals surface area contributed by atoms with E-state index in [-0.39, 0.29) is 0 Å². The van der Waals surface area contributed by atoms with E-state index >= 15 is 0 Å². The summed E-state index contributed by atoms with van der Waals surface area (Å²) in [5, 5.41) is 7.84. The standard InChI is InChI=1S/C14H26N4/c1-5-7-13(15-8-6-2)9-14-16-11-17-18(14)10-12(3)4/h5,11-13,15H,1,6-10H2,2-4H3. The quantitative estimate of drug-likeness (QED) is 0.684. The number of aromatic nitrogens is 3. The van der Waals surface area contributed by atoms with Gasteiger partial charge < -0.3 is 5.32 Å². The maximum Gasteiger partial charge on any atom is 0.138 e. The average Bonchev–Trinajstić information content (AvgIpc) is 2.73. The van der Waals surface area contributed by atoms with Gasteiger partial charge in [0, 0.05) is 19.0 Å². The molecule has 0 aromatic carbocycles. The fourth-order valence-electron chi connectivity index (χ4n) is 1.95. The first kappa shape index (κ1) is 14.9. The van der Waals surface area contributed by atoms with E-state index in [1.165, 1.54) is 0 Å². The molecule has 1 unspecified atom stereocenters. The zero-order chi connectivity index (χ0) is 13.4. The molecule has 0 saturated heterocycles. The van der Waals surface area contributed by atoms with Gasteiger partial charge in [-0.1, -0.05) is 26.8 Å². The van der Waals surface area contributed by atoms with Gasteiger partial charge in [-0.15, -0.1) is 6.58 Å². The molecule has 0 spiro atoms. The molecule has 18 heavy (non-hydrogen) atoms. The lowest BCUT2D eigenvalue weighted by Gasteiger charge is -2.17. The summed E-state index contributed by atoms with van der Waals surface area (Å²) in [4.78, 5) is 4.38. The molecule has 1 heterocycles. The molecule has 0 aliphatic heterocycles. The summed E-state index contributed by atoms with van der Waals surface area (Å²) in [6.45, 7) is 12.4. The van der Waals surface area contributed by atoms with Gasteiger partial charge in [-0.05, 0) is 25.3 Å². The lowest BCUT2D eigenvalue weighted by Crippen LogP contribution is -2.32. The predicted octanol–water partition coefficient (Wildman–Crippen LogP) is 2.42. The lowest BCUT2D eigenvalue weighted by atomic mass is 10.1. The molecular weight excluding hydrogens is 224 g/mol. The van der Waals surface area contributed by atoms with Gasteiger partial charge in [-0.25, -0.2) is 9.67 Å². The van der Waals surface area contributed by atoms with Crippen molar-refractivity contribution in [1.82, 2.24) is 20.1 Å².